The molecule has 0 saturated heterocycles. The number of aromatic nitrogens is 2. The molecule has 0 aliphatic heterocycles. The van der Waals surface area contributed by atoms with E-state index in [1.165, 1.54) is 0 Å². The normalized spacial score (nSPS) is 11.1. The van der Waals surface area contributed by atoms with Crippen molar-refractivity contribution in [1.29, 1.82) is 0 Å². The van der Waals surface area contributed by atoms with Crippen molar-refractivity contribution >= 4 is 21.6 Å². The Balaban J connectivity index is 2.42. The molecular formula is C19H18N2OS. The van der Waals surface area contributed by atoms with Crippen molar-refractivity contribution in [3.8, 4) is 23.5 Å². The molecule has 0 aliphatic carbocycles. The van der Waals surface area contributed by atoms with Gasteiger partial charge in [0, 0.05) is 16.4 Å². The largest absolute Gasteiger partial charge is 0.284 e. The predicted octanol–water partition coefficient (Wildman–Crippen LogP) is 4.19. The van der Waals surface area contributed by atoms with Gasteiger partial charge < -0.3 is 0 Å². The van der Waals surface area contributed by atoms with Crippen LogP contribution in [0.4, 0.5) is 0 Å². The molecule has 0 N–H and O–H groups in total. The van der Waals surface area contributed by atoms with Crippen LogP contribution in [0.5, 0.6) is 0 Å². The van der Waals surface area contributed by atoms with E-state index in [-0.39, 0.29) is 18.0 Å². The van der Waals surface area contributed by atoms with Crippen LogP contribution in [-0.4, -0.2) is 9.55 Å². The van der Waals surface area contributed by atoms with E-state index in [4.69, 9.17) is 11.4 Å². The van der Waals surface area contributed by atoms with Crippen molar-refractivity contribution in [2.75, 3.05) is 0 Å². The second kappa shape index (κ2) is 6.02. The first-order valence-corrected chi connectivity index (χ1v) is 8.39. The minimum Gasteiger partial charge on any atom is -0.284 e. The van der Waals surface area contributed by atoms with Crippen molar-refractivity contribution in [3.05, 3.63) is 51.4 Å². The van der Waals surface area contributed by atoms with E-state index in [1.54, 1.807) is 15.9 Å². The SMILES string of the molecule is C#CCn1c(C(C)C)nc2sc(C)c(-c3ccccc3)c2c1=O. The van der Waals surface area contributed by atoms with Crippen LogP contribution in [0.2, 0.25) is 0 Å². The molecule has 3 nitrogen and oxygen atoms in total. The third-order valence-electron chi connectivity index (χ3n) is 3.85. The second-order valence-corrected chi connectivity index (χ2v) is 7.00. The van der Waals surface area contributed by atoms with Gasteiger partial charge in [0.15, 0.2) is 0 Å². The summed E-state index contributed by atoms with van der Waals surface area (Å²) in [6.07, 6.45) is 5.46. The molecular weight excluding hydrogens is 304 g/mol. The zero-order valence-electron chi connectivity index (χ0n) is 13.5. The molecule has 2 heterocycles. The van der Waals surface area contributed by atoms with Crippen LogP contribution in [0, 0.1) is 19.3 Å². The maximum atomic E-state index is 13.1. The summed E-state index contributed by atoms with van der Waals surface area (Å²) in [5.41, 5.74) is 1.98. The van der Waals surface area contributed by atoms with Crippen LogP contribution >= 0.6 is 11.3 Å². The zero-order valence-corrected chi connectivity index (χ0v) is 14.3. The van der Waals surface area contributed by atoms with Gasteiger partial charge in [-0.1, -0.05) is 50.1 Å². The number of terminal acetylenes is 1. The van der Waals surface area contributed by atoms with Crippen LogP contribution in [0.3, 0.4) is 0 Å². The fraction of sp³-hybridized carbons (Fsp3) is 0.263. The van der Waals surface area contributed by atoms with Gasteiger partial charge in [-0.25, -0.2) is 4.98 Å². The van der Waals surface area contributed by atoms with Crippen molar-refractivity contribution < 1.29 is 0 Å². The molecule has 3 aromatic rings. The van der Waals surface area contributed by atoms with Gasteiger partial charge in [0.1, 0.15) is 10.7 Å². The van der Waals surface area contributed by atoms with E-state index in [0.717, 1.165) is 26.7 Å². The van der Waals surface area contributed by atoms with E-state index >= 15 is 0 Å². The van der Waals surface area contributed by atoms with Gasteiger partial charge in [0.25, 0.3) is 5.56 Å². The molecule has 0 saturated carbocycles. The van der Waals surface area contributed by atoms with Crippen LogP contribution in [0.25, 0.3) is 21.3 Å². The molecule has 2 aromatic heterocycles. The number of nitrogens with zero attached hydrogens (tertiary/aromatic N) is 2. The molecule has 0 spiro atoms. The molecule has 0 amide bonds. The number of fused-ring (bicyclic) bond motifs is 1. The minimum atomic E-state index is -0.0418. The molecule has 0 aliphatic rings. The maximum Gasteiger partial charge on any atom is 0.263 e. The number of hydrogen-bond donors (Lipinski definition) is 0. The Labute approximate surface area is 139 Å². The summed E-state index contributed by atoms with van der Waals surface area (Å²) >= 11 is 1.57. The van der Waals surface area contributed by atoms with E-state index in [9.17, 15) is 4.79 Å². The lowest BCUT2D eigenvalue weighted by Crippen LogP contribution is -2.25. The minimum absolute atomic E-state index is 0.0418. The third kappa shape index (κ3) is 2.58. The van der Waals surface area contributed by atoms with Gasteiger partial charge in [-0.15, -0.1) is 17.8 Å². The van der Waals surface area contributed by atoms with Crippen molar-refractivity contribution in [2.45, 2.75) is 33.2 Å². The van der Waals surface area contributed by atoms with Crippen LogP contribution < -0.4 is 5.56 Å². The fourth-order valence-corrected chi connectivity index (χ4v) is 3.89. The van der Waals surface area contributed by atoms with Gasteiger partial charge in [0.2, 0.25) is 0 Å². The maximum absolute atomic E-state index is 13.1. The number of thiophene rings is 1. The van der Waals surface area contributed by atoms with E-state index in [1.807, 2.05) is 51.1 Å². The van der Waals surface area contributed by atoms with Crippen LogP contribution in [0.15, 0.2) is 35.1 Å². The first kappa shape index (κ1) is 15.5. The van der Waals surface area contributed by atoms with E-state index < -0.39 is 0 Å². The van der Waals surface area contributed by atoms with Crippen LogP contribution in [0.1, 0.15) is 30.5 Å². The van der Waals surface area contributed by atoms with Gasteiger partial charge >= 0.3 is 0 Å². The van der Waals surface area contributed by atoms with Crippen molar-refractivity contribution in [2.24, 2.45) is 0 Å². The Kier molecular flexibility index (Phi) is 4.06. The molecule has 0 fully saturated rings. The monoisotopic (exact) mass is 322 g/mol. The van der Waals surface area contributed by atoms with Gasteiger partial charge in [0.05, 0.1) is 11.9 Å². The highest BCUT2D eigenvalue weighted by atomic mass is 32.1. The third-order valence-corrected chi connectivity index (χ3v) is 4.84. The van der Waals surface area contributed by atoms with Gasteiger partial charge in [-0.05, 0) is 12.5 Å². The Morgan fingerprint density at radius 2 is 2.00 bits per heavy atom. The Bertz CT molecular complexity index is 959. The number of rotatable bonds is 3. The van der Waals surface area contributed by atoms with Crippen LogP contribution in [-0.2, 0) is 6.54 Å². The van der Waals surface area contributed by atoms with E-state index in [0.29, 0.717) is 5.39 Å². The Morgan fingerprint density at radius 1 is 1.30 bits per heavy atom. The average Bonchev–Trinajstić information content (AvgIpc) is 2.87. The summed E-state index contributed by atoms with van der Waals surface area (Å²) in [7, 11) is 0. The molecule has 23 heavy (non-hydrogen) atoms. The Hall–Kier alpha value is -2.38. The predicted molar refractivity (Wildman–Crippen MR) is 97.0 cm³/mol. The average molecular weight is 322 g/mol. The van der Waals surface area contributed by atoms with Crippen molar-refractivity contribution in [3.63, 3.8) is 0 Å². The van der Waals surface area contributed by atoms with Crippen molar-refractivity contribution in [1.82, 2.24) is 9.55 Å². The lowest BCUT2D eigenvalue weighted by atomic mass is 10.0. The number of benzene rings is 1. The molecule has 116 valence electrons. The lowest BCUT2D eigenvalue weighted by Gasteiger charge is -2.13. The molecule has 0 atom stereocenters. The molecule has 0 unspecified atom stereocenters. The highest BCUT2D eigenvalue weighted by Crippen LogP contribution is 2.36. The first-order valence-electron chi connectivity index (χ1n) is 7.57. The summed E-state index contributed by atoms with van der Waals surface area (Å²) < 4.78 is 1.63. The fourth-order valence-electron chi connectivity index (χ4n) is 2.85. The summed E-state index contributed by atoms with van der Waals surface area (Å²) in [5.74, 6) is 3.47. The molecule has 1 aromatic carbocycles. The molecule has 0 bridgehead atoms. The summed E-state index contributed by atoms with van der Waals surface area (Å²) in [6, 6.07) is 9.98. The lowest BCUT2D eigenvalue weighted by molar-refractivity contribution is 0.651. The smallest absolute Gasteiger partial charge is 0.263 e. The molecule has 4 heteroatoms. The molecule has 0 radical (unpaired) electrons. The number of aryl methyl sites for hydroxylation is 1. The second-order valence-electron chi connectivity index (χ2n) is 5.80. The first-order chi connectivity index (χ1) is 11.0. The van der Waals surface area contributed by atoms with Gasteiger partial charge in [-0.2, -0.15) is 0 Å². The summed E-state index contributed by atoms with van der Waals surface area (Å²) in [5, 5.41) is 0.679. The van der Waals surface area contributed by atoms with Gasteiger partial charge in [-0.3, -0.25) is 9.36 Å². The molecule has 3 rings (SSSR count). The Morgan fingerprint density at radius 3 is 2.61 bits per heavy atom. The highest BCUT2D eigenvalue weighted by molar-refractivity contribution is 7.19. The number of hydrogen-bond acceptors (Lipinski definition) is 3. The quantitative estimate of drug-likeness (QED) is 0.678. The topological polar surface area (TPSA) is 34.9 Å². The zero-order chi connectivity index (χ0) is 16.6. The summed E-state index contributed by atoms with van der Waals surface area (Å²) in [4.78, 5) is 19.7. The summed E-state index contributed by atoms with van der Waals surface area (Å²) in [6.45, 7) is 6.34. The van der Waals surface area contributed by atoms with E-state index in [2.05, 4.69) is 5.92 Å². The highest BCUT2D eigenvalue weighted by Gasteiger charge is 2.20. The standard InChI is InChI=1S/C19H18N2OS/c1-5-11-21-17(12(2)3)20-18-16(19(21)22)15(13(4)23-18)14-9-7-6-8-10-14/h1,6-10,12H,11H2,2-4H3.